The van der Waals surface area contributed by atoms with Crippen LogP contribution < -0.4 is 0 Å². The van der Waals surface area contributed by atoms with Gasteiger partial charge in [0.05, 0.1) is 0 Å². The van der Waals surface area contributed by atoms with E-state index in [1.54, 1.807) is 0 Å². The number of rotatable bonds is 51. The van der Waals surface area contributed by atoms with Crippen LogP contribution in [0.2, 0.25) is 0 Å². The van der Waals surface area contributed by atoms with Crippen molar-refractivity contribution in [2.24, 2.45) is 29.1 Å². The quantitative estimate of drug-likeness (QED) is 0.0579. The zero-order valence-electron chi connectivity index (χ0n) is 80.6. The second-order valence-electron chi connectivity index (χ2n) is 34.3. The van der Waals surface area contributed by atoms with Crippen molar-refractivity contribution in [1.82, 2.24) is 0 Å². The van der Waals surface area contributed by atoms with Crippen LogP contribution in [0.25, 0.3) is 0 Å². The van der Waals surface area contributed by atoms with Gasteiger partial charge < -0.3 is 0 Å². The summed E-state index contributed by atoms with van der Waals surface area (Å²) in [5.41, 5.74) is 6.12. The lowest BCUT2D eigenvalue weighted by Crippen LogP contribution is -2.09. The summed E-state index contributed by atoms with van der Waals surface area (Å²) in [5, 5.41) is 0. The molecule has 0 saturated heterocycles. The number of hydrogen-bond donors (Lipinski definition) is 0. The number of aryl methyl sites for hydroxylation is 4. The van der Waals surface area contributed by atoms with E-state index in [0.717, 1.165) is 36.5 Å². The predicted molar refractivity (Wildman–Crippen MR) is 513 cm³/mol. The Hall–Kier alpha value is -1.56. The monoisotopic (exact) mass is 1510 g/mol. The van der Waals surface area contributed by atoms with E-state index in [1.165, 1.54) is 401 Å². The van der Waals surface area contributed by atoms with Gasteiger partial charge in [0, 0.05) is 0 Å². The Kier molecular flexibility index (Phi) is 139. The highest BCUT2D eigenvalue weighted by Crippen LogP contribution is 2.28. The van der Waals surface area contributed by atoms with Crippen LogP contribution >= 0.6 is 0 Å². The third-order valence-corrected chi connectivity index (χ3v) is 20.7. The molecule has 0 unspecified atom stereocenters. The van der Waals surface area contributed by atoms with Crippen LogP contribution in [-0.4, -0.2) is 0 Å². The second kappa shape index (κ2) is 118. The maximum absolute atomic E-state index is 2.38. The van der Waals surface area contributed by atoms with Crippen LogP contribution in [0.4, 0.5) is 0 Å². The first kappa shape index (κ1) is 126. The lowest BCUT2D eigenvalue weighted by atomic mass is 9.84. The summed E-state index contributed by atoms with van der Waals surface area (Å²) in [6, 6.07) is 17.3. The molecular weight excluding hydrogens is 1290 g/mol. The topological polar surface area (TPSA) is 0 Å². The Balaban J connectivity index is -0.000000123. The molecule has 0 heteroatoms. The molecule has 2 aromatic carbocycles. The molecule has 0 aromatic heterocycles. The number of hydrogen-bond acceptors (Lipinski definition) is 0. The van der Waals surface area contributed by atoms with Gasteiger partial charge in [-0.25, -0.2) is 0 Å². The van der Waals surface area contributed by atoms with Gasteiger partial charge in [-0.2, -0.15) is 0 Å². The molecule has 1 saturated carbocycles. The van der Waals surface area contributed by atoms with Gasteiger partial charge in [-0.1, -0.05) is 613 Å². The first-order chi connectivity index (χ1) is 51.1. The number of unbranched alkanes of at least 4 members (excludes halogenated alkanes) is 40. The van der Waals surface area contributed by atoms with Crippen molar-refractivity contribution in [2.75, 3.05) is 0 Å². The molecule has 0 aliphatic heterocycles. The summed E-state index contributed by atoms with van der Waals surface area (Å²) in [6.07, 6.45) is 86.6. The third kappa shape index (κ3) is 140. The van der Waals surface area contributed by atoms with E-state index in [0.29, 0.717) is 5.41 Å². The van der Waals surface area contributed by atoms with Crippen molar-refractivity contribution in [2.45, 2.75) is 593 Å². The Bertz CT molecular complexity index is 1510. The summed E-state index contributed by atoms with van der Waals surface area (Å²) >= 11 is 0. The molecule has 0 heterocycles. The first-order valence-corrected chi connectivity index (χ1v) is 49.2. The molecule has 0 radical (unpaired) electrons. The van der Waals surface area contributed by atoms with E-state index >= 15 is 0 Å². The SMILES string of the molecule is C.CC1CCC(C)CC1.CCC.CCC(C)C.CCCC.CCCC(C)(C)CCC.CCCCC.CCCCC(C)CCCC.CCCCCCCCCCCC.CCCCCCCCCCCCCC.CCCCCCCCCCCCCCCCCC.CCc1ccc(CC)cc1.Cc1ccc(C)cc1. The highest BCUT2D eigenvalue weighted by molar-refractivity contribution is 5.22. The van der Waals surface area contributed by atoms with Crippen molar-refractivity contribution in [3.63, 3.8) is 0 Å². The minimum absolute atomic E-state index is 0. The molecule has 0 atom stereocenters. The molecule has 2 aromatic rings. The molecule has 0 N–H and O–H groups in total. The minimum atomic E-state index is 0. The first-order valence-electron chi connectivity index (χ1n) is 49.2. The molecule has 0 amide bonds. The van der Waals surface area contributed by atoms with Crippen LogP contribution in [0, 0.1) is 42.9 Å². The summed E-state index contributed by atoms with van der Waals surface area (Å²) in [5.74, 6) is 3.90. The largest absolute Gasteiger partial charge is 0.0776 e. The Morgan fingerprint density at radius 1 is 0.271 bits per heavy atom. The molecule has 650 valence electrons. The Labute approximate surface area is 688 Å². The maximum atomic E-state index is 2.38. The van der Waals surface area contributed by atoms with Gasteiger partial charge in [-0.15, -0.1) is 0 Å². The standard InChI is InChI=1S/C18H38.C14H30.C12H26.C10H14.C10H22.C9H20.C8H16.C8H10.2C5H12.C4H10.C3H8.CH4/c1-3-5-7-9-11-13-15-17-18-16-14-12-10-8-6-4-2;1-3-5-7-9-11-13-14-12-10-8-6-4-2;1-3-5-7-9-11-12-10-8-6-4-2;1-3-9-5-7-10(4-2)8-6-9;1-4-6-8-10(3)9-7-5-2;1-5-7-9(3,4)8-6-2;2*1-7-3-5-8(2)6-4-7;1-4-5(2)3;1-3-5-4-2;1-3-4-2;1-3-2;/h3-18H2,1-2H3;3-14H2,1-2H3;3-12H2,1-2H3;5-8H,3-4H2,1-2H3;10H,4-9H2,1-3H3;5-8H2,1-4H3;7-8H,3-6H2,1-2H3;3-6H,1-2H3;5H,4H2,1-3H3;3-5H2,1-2H3;3-4H2,1-2H3;3H2,1-2H3;1H4. The fraction of sp³-hybridized carbons (Fsp3) is 0.888. The van der Waals surface area contributed by atoms with E-state index in [9.17, 15) is 0 Å². The van der Waals surface area contributed by atoms with Crippen LogP contribution in [0.15, 0.2) is 48.5 Å². The Morgan fingerprint density at radius 2 is 0.449 bits per heavy atom. The maximum Gasteiger partial charge on any atom is -0.0307 e. The van der Waals surface area contributed by atoms with Crippen molar-refractivity contribution in [1.29, 1.82) is 0 Å². The van der Waals surface area contributed by atoms with Crippen molar-refractivity contribution < 1.29 is 0 Å². The zero-order chi connectivity index (χ0) is 81.9. The summed E-state index contributed by atoms with van der Waals surface area (Å²) in [4.78, 5) is 0. The lowest BCUT2D eigenvalue weighted by molar-refractivity contribution is 0.301. The van der Waals surface area contributed by atoms with E-state index in [4.69, 9.17) is 0 Å². The average molecular weight is 1510 g/mol. The van der Waals surface area contributed by atoms with Crippen LogP contribution in [0.5, 0.6) is 0 Å². The van der Waals surface area contributed by atoms with Crippen molar-refractivity contribution >= 4 is 0 Å². The second-order valence-corrected chi connectivity index (χ2v) is 34.3. The van der Waals surface area contributed by atoms with E-state index in [1.807, 2.05) is 0 Å². The van der Waals surface area contributed by atoms with Crippen molar-refractivity contribution in [3.05, 3.63) is 70.8 Å². The summed E-state index contributed by atoms with van der Waals surface area (Å²) in [7, 11) is 0. The molecular formula is C107H222. The molecule has 0 spiro atoms. The van der Waals surface area contributed by atoms with Gasteiger partial charge in [-0.05, 0) is 79.7 Å². The lowest BCUT2D eigenvalue weighted by Gasteiger charge is -2.22. The fourth-order valence-electron chi connectivity index (χ4n) is 12.3. The average Bonchev–Trinajstić information content (AvgIpc) is 0.941. The zero-order valence-corrected chi connectivity index (χ0v) is 80.6. The Morgan fingerprint density at radius 3 is 0.579 bits per heavy atom. The normalized spacial score (nSPS) is 12.3. The molecule has 107 heavy (non-hydrogen) atoms. The molecule has 1 fully saturated rings. The highest BCUT2D eigenvalue weighted by atomic mass is 14.2. The van der Waals surface area contributed by atoms with Crippen LogP contribution in [0.1, 0.15) is 589 Å². The van der Waals surface area contributed by atoms with Crippen LogP contribution in [-0.2, 0) is 12.8 Å². The fourth-order valence-corrected chi connectivity index (χ4v) is 12.3. The van der Waals surface area contributed by atoms with E-state index in [2.05, 4.69) is 242 Å². The van der Waals surface area contributed by atoms with Crippen molar-refractivity contribution in [3.8, 4) is 0 Å². The smallest absolute Gasteiger partial charge is 0.0307 e. The summed E-state index contributed by atoms with van der Waals surface area (Å²) < 4.78 is 0. The van der Waals surface area contributed by atoms with Gasteiger partial charge in [-0.3, -0.25) is 0 Å². The number of benzene rings is 2. The molecule has 1 aliphatic carbocycles. The molecule has 0 bridgehead atoms. The highest BCUT2D eigenvalue weighted by Gasteiger charge is 2.14. The third-order valence-electron chi connectivity index (χ3n) is 20.7. The van der Waals surface area contributed by atoms with E-state index < -0.39 is 0 Å². The van der Waals surface area contributed by atoms with Crippen LogP contribution in [0.3, 0.4) is 0 Å². The van der Waals surface area contributed by atoms with Gasteiger partial charge in [0.2, 0.25) is 0 Å². The molecule has 3 rings (SSSR count). The van der Waals surface area contributed by atoms with Gasteiger partial charge in [0.15, 0.2) is 0 Å². The molecule has 1 aliphatic rings. The summed E-state index contributed by atoms with van der Waals surface area (Å²) in [6.45, 7) is 62.9. The van der Waals surface area contributed by atoms with Gasteiger partial charge in [0.1, 0.15) is 0 Å². The predicted octanol–water partition coefficient (Wildman–Crippen LogP) is 41.6. The molecule has 0 nitrogen and oxygen atoms in total. The van der Waals surface area contributed by atoms with Gasteiger partial charge in [0.25, 0.3) is 0 Å². The van der Waals surface area contributed by atoms with E-state index in [-0.39, 0.29) is 7.43 Å². The minimum Gasteiger partial charge on any atom is -0.0776 e. The van der Waals surface area contributed by atoms with Gasteiger partial charge >= 0.3 is 0 Å².